The van der Waals surface area contributed by atoms with Crippen LogP contribution in [-0.4, -0.2) is 72.0 Å². The minimum atomic E-state index is -4.02. The van der Waals surface area contributed by atoms with Gasteiger partial charge >= 0.3 is 0 Å². The summed E-state index contributed by atoms with van der Waals surface area (Å²) < 4.78 is 50.4. The third-order valence-corrected chi connectivity index (χ3v) is 9.75. The molecule has 3 aromatic carbocycles. The molecule has 0 bridgehead atoms. The number of benzene rings is 3. The third-order valence-electron chi connectivity index (χ3n) is 8.88. The van der Waals surface area contributed by atoms with E-state index in [-0.39, 0.29) is 29.1 Å². The Kier molecular flexibility index (Phi) is 11.8. The number of aromatic nitrogens is 1. The van der Waals surface area contributed by atoms with E-state index in [9.17, 15) is 17.6 Å². The van der Waals surface area contributed by atoms with Gasteiger partial charge in [0.25, 0.3) is 10.1 Å². The molecule has 3 heterocycles. The summed E-state index contributed by atoms with van der Waals surface area (Å²) in [4.78, 5) is 21.0. The summed E-state index contributed by atoms with van der Waals surface area (Å²) in [5.74, 6) is 0.660. The first kappa shape index (κ1) is 36.1. The topological polar surface area (TPSA) is 126 Å². The maximum absolute atomic E-state index is 14.9. The van der Waals surface area contributed by atoms with Crippen molar-refractivity contribution in [3.8, 4) is 17.0 Å². The van der Waals surface area contributed by atoms with E-state index in [4.69, 9.17) is 15.0 Å². The van der Waals surface area contributed by atoms with Crippen LogP contribution < -0.4 is 10.5 Å². The lowest BCUT2D eigenvalue weighted by atomic mass is 10.0. The molecule has 2 aliphatic heterocycles. The predicted octanol–water partition coefficient (Wildman–Crippen LogP) is 6.01. The smallest absolute Gasteiger partial charge is 0.294 e. The molecule has 2 fully saturated rings. The zero-order valence-corrected chi connectivity index (χ0v) is 29.1. The van der Waals surface area contributed by atoms with Crippen LogP contribution in [0.15, 0.2) is 90.0 Å². The van der Waals surface area contributed by atoms with Crippen LogP contribution in [0.2, 0.25) is 0 Å². The van der Waals surface area contributed by atoms with Crippen molar-refractivity contribution in [2.24, 2.45) is 5.73 Å². The number of carbonyl (C=O) groups is 1. The largest absolute Gasteiger partial charge is 0.472 e. The number of nitrogens with two attached hydrogens (primary N) is 1. The number of pyridine rings is 1. The van der Waals surface area contributed by atoms with Crippen LogP contribution in [0.4, 0.5) is 4.39 Å². The zero-order valence-electron chi connectivity index (χ0n) is 28.3. The maximum Gasteiger partial charge on any atom is 0.294 e. The Balaban J connectivity index is 0.000000363. The highest BCUT2D eigenvalue weighted by Gasteiger charge is 2.29. The molecule has 1 aromatic heterocycles. The highest BCUT2D eigenvalue weighted by Crippen LogP contribution is 2.25. The second-order valence-corrected chi connectivity index (χ2v) is 14.6. The van der Waals surface area contributed by atoms with Crippen molar-refractivity contribution in [3.05, 3.63) is 113 Å². The van der Waals surface area contributed by atoms with Crippen molar-refractivity contribution in [1.82, 2.24) is 14.8 Å². The molecule has 0 aliphatic carbocycles. The third kappa shape index (κ3) is 9.95. The number of halogens is 1. The number of likely N-dealkylation sites (tertiary alicyclic amines) is 2. The molecule has 0 radical (unpaired) electrons. The first-order chi connectivity index (χ1) is 23.4. The number of hydrogen-bond acceptors (Lipinski definition) is 7. The molecule has 2 saturated heterocycles. The maximum atomic E-state index is 14.9. The van der Waals surface area contributed by atoms with E-state index in [1.807, 2.05) is 25.1 Å². The Labute approximate surface area is 288 Å². The SMILES string of the molecule is CC(C)c1ccc(CN2CC(Oc3ccc(-c4ccc(C[C@H](N)C(=O)N5CCCC5)c(F)c4)cn3)C2)cc1.Cc1ccc(S(=O)(=O)O)cc1. The highest BCUT2D eigenvalue weighted by molar-refractivity contribution is 7.85. The highest BCUT2D eigenvalue weighted by atomic mass is 32.2. The van der Waals surface area contributed by atoms with Crippen molar-refractivity contribution in [2.45, 2.75) is 69.5 Å². The molecular formula is C38H45FN4O5S. The van der Waals surface area contributed by atoms with E-state index in [2.05, 4.69) is 48.0 Å². The van der Waals surface area contributed by atoms with Gasteiger partial charge in [-0.15, -0.1) is 0 Å². The van der Waals surface area contributed by atoms with Crippen LogP contribution in [0.1, 0.15) is 54.9 Å². The minimum absolute atomic E-state index is 0.0666. The fourth-order valence-corrected chi connectivity index (χ4v) is 6.36. The molecule has 0 saturated carbocycles. The average Bonchev–Trinajstić information content (AvgIpc) is 3.60. The van der Waals surface area contributed by atoms with Crippen LogP contribution in [0, 0.1) is 12.7 Å². The molecule has 0 unspecified atom stereocenters. The van der Waals surface area contributed by atoms with Crippen molar-refractivity contribution < 1.29 is 26.9 Å². The molecule has 6 rings (SSSR count). The average molecular weight is 689 g/mol. The molecule has 1 amide bonds. The van der Waals surface area contributed by atoms with Gasteiger partial charge in [-0.3, -0.25) is 14.2 Å². The fourth-order valence-electron chi connectivity index (χ4n) is 5.88. The lowest BCUT2D eigenvalue weighted by molar-refractivity contribution is -0.131. The van der Waals surface area contributed by atoms with Gasteiger partial charge in [-0.25, -0.2) is 9.37 Å². The predicted molar refractivity (Wildman–Crippen MR) is 188 cm³/mol. The zero-order chi connectivity index (χ0) is 35.1. The summed E-state index contributed by atoms with van der Waals surface area (Å²) >= 11 is 0. The van der Waals surface area contributed by atoms with Gasteiger partial charge in [0.1, 0.15) is 11.9 Å². The van der Waals surface area contributed by atoms with E-state index >= 15 is 0 Å². The van der Waals surface area contributed by atoms with Gasteiger partial charge in [0, 0.05) is 50.6 Å². The van der Waals surface area contributed by atoms with Crippen LogP contribution in [-0.2, 0) is 27.9 Å². The van der Waals surface area contributed by atoms with Gasteiger partial charge in [0.15, 0.2) is 0 Å². The monoisotopic (exact) mass is 688 g/mol. The Morgan fingerprint density at radius 1 is 0.980 bits per heavy atom. The summed E-state index contributed by atoms with van der Waals surface area (Å²) in [6.45, 7) is 10.4. The van der Waals surface area contributed by atoms with Crippen LogP contribution in [0.3, 0.4) is 0 Å². The van der Waals surface area contributed by atoms with Gasteiger partial charge in [-0.05, 0) is 78.6 Å². The Morgan fingerprint density at radius 3 is 2.20 bits per heavy atom. The number of carbonyl (C=O) groups excluding carboxylic acids is 1. The normalized spacial score (nSPS) is 15.8. The van der Waals surface area contributed by atoms with Crippen LogP contribution >= 0.6 is 0 Å². The van der Waals surface area contributed by atoms with Crippen molar-refractivity contribution in [3.63, 3.8) is 0 Å². The molecule has 260 valence electrons. The van der Waals surface area contributed by atoms with Crippen molar-refractivity contribution >= 4 is 16.0 Å². The van der Waals surface area contributed by atoms with Gasteiger partial charge in [-0.1, -0.05) is 67.9 Å². The quantitative estimate of drug-likeness (QED) is 0.194. The molecule has 0 spiro atoms. The second-order valence-electron chi connectivity index (χ2n) is 13.2. The van der Waals surface area contributed by atoms with Gasteiger partial charge in [-0.2, -0.15) is 8.42 Å². The van der Waals surface area contributed by atoms with Crippen molar-refractivity contribution in [1.29, 1.82) is 0 Å². The Morgan fingerprint density at radius 2 is 1.63 bits per heavy atom. The van der Waals surface area contributed by atoms with Gasteiger partial charge < -0.3 is 15.4 Å². The van der Waals surface area contributed by atoms with Crippen LogP contribution in [0.25, 0.3) is 11.1 Å². The first-order valence-electron chi connectivity index (χ1n) is 16.7. The number of hydrogen-bond donors (Lipinski definition) is 2. The lowest BCUT2D eigenvalue weighted by Gasteiger charge is -2.38. The first-order valence-corrected chi connectivity index (χ1v) is 18.1. The van der Waals surface area contributed by atoms with Crippen LogP contribution in [0.5, 0.6) is 5.88 Å². The van der Waals surface area contributed by atoms with Gasteiger partial charge in [0.05, 0.1) is 10.9 Å². The van der Waals surface area contributed by atoms with Gasteiger partial charge in [0.2, 0.25) is 11.8 Å². The molecule has 1 atom stereocenters. The number of nitrogens with zero attached hydrogens (tertiary/aromatic N) is 3. The molecule has 4 aromatic rings. The van der Waals surface area contributed by atoms with E-state index in [1.54, 1.807) is 29.3 Å². The summed E-state index contributed by atoms with van der Waals surface area (Å²) in [5, 5.41) is 0. The molecule has 49 heavy (non-hydrogen) atoms. The van der Waals surface area contributed by atoms with E-state index in [0.717, 1.165) is 62.3 Å². The molecule has 2 aliphatic rings. The summed E-state index contributed by atoms with van der Waals surface area (Å²) in [6, 6.07) is 22.9. The summed E-state index contributed by atoms with van der Waals surface area (Å²) in [6.07, 6.45) is 4.03. The molecule has 11 heteroatoms. The molecule has 9 nitrogen and oxygen atoms in total. The molecular weight excluding hydrogens is 644 g/mol. The second kappa shape index (κ2) is 16.0. The number of ether oxygens (including phenoxy) is 1. The van der Waals surface area contributed by atoms with E-state index in [0.29, 0.717) is 17.4 Å². The van der Waals surface area contributed by atoms with Crippen molar-refractivity contribution in [2.75, 3.05) is 26.2 Å². The van der Waals surface area contributed by atoms with E-state index < -0.39 is 16.2 Å². The Bertz CT molecular complexity index is 1800. The number of rotatable bonds is 10. The molecule has 3 N–H and O–H groups in total. The fraction of sp³-hybridized carbons (Fsp3) is 0.368. The number of amides is 1. The summed E-state index contributed by atoms with van der Waals surface area (Å²) in [5.41, 5.74) is 11.7. The van der Waals surface area contributed by atoms with E-state index in [1.165, 1.54) is 29.3 Å². The Hall–Kier alpha value is -4.16. The number of aryl methyl sites for hydroxylation is 1. The lowest BCUT2D eigenvalue weighted by Crippen LogP contribution is -2.53. The summed E-state index contributed by atoms with van der Waals surface area (Å²) in [7, 11) is -4.02. The standard InChI is InChI=1S/C31H37FN4O2.C7H8O3S/c1-21(2)23-7-5-22(6-8-23)18-35-19-27(20-35)38-30-12-11-26(17-34-30)24-9-10-25(28(32)15-24)16-29(33)31(37)36-13-3-4-14-36;1-6-2-4-7(5-3-6)11(8,9)10/h5-12,15,17,21,27,29H,3-4,13-14,16,18-20,33H2,1-2H3;2-5H,1H3,(H,8,9,10)/t29-;/m0./s1. The minimum Gasteiger partial charge on any atom is -0.472 e.